The predicted molar refractivity (Wildman–Crippen MR) is 63.5 cm³/mol. The van der Waals surface area contributed by atoms with E-state index in [2.05, 4.69) is 16.6 Å². The molecule has 0 atom stereocenters. The van der Waals surface area contributed by atoms with E-state index >= 15 is 0 Å². The molecule has 1 rings (SSSR count). The number of anilines is 1. The Morgan fingerprint density at radius 1 is 1.47 bits per heavy atom. The third kappa shape index (κ3) is 3.77. The highest BCUT2D eigenvalue weighted by molar-refractivity contribution is 5.94. The molecule has 0 heterocycles. The van der Waals surface area contributed by atoms with Gasteiger partial charge in [0.05, 0.1) is 16.8 Å². The fraction of sp³-hybridized carbons (Fsp3) is 0.167. The van der Waals surface area contributed by atoms with Crippen molar-refractivity contribution in [3.63, 3.8) is 0 Å². The van der Waals surface area contributed by atoms with Gasteiger partial charge in [0.25, 0.3) is 6.43 Å². The molecular formula is C12H11F2NO4. The summed E-state index contributed by atoms with van der Waals surface area (Å²) in [6.45, 7) is 3.23. The van der Waals surface area contributed by atoms with Crippen molar-refractivity contribution in [1.82, 2.24) is 0 Å². The van der Waals surface area contributed by atoms with E-state index in [9.17, 15) is 18.4 Å². The van der Waals surface area contributed by atoms with Crippen LogP contribution in [0.2, 0.25) is 0 Å². The lowest BCUT2D eigenvalue weighted by Gasteiger charge is -2.12. The molecule has 2 N–H and O–H groups in total. The molecule has 0 aliphatic heterocycles. The van der Waals surface area contributed by atoms with Crippen LogP contribution in [0.4, 0.5) is 19.3 Å². The molecule has 102 valence electrons. The minimum Gasteiger partial charge on any atom is -0.478 e. The van der Waals surface area contributed by atoms with Gasteiger partial charge in [-0.3, -0.25) is 5.32 Å². The zero-order valence-electron chi connectivity index (χ0n) is 9.73. The monoisotopic (exact) mass is 271 g/mol. The molecular weight excluding hydrogens is 260 g/mol. The first-order chi connectivity index (χ1) is 8.97. The van der Waals surface area contributed by atoms with Crippen molar-refractivity contribution in [3.8, 4) is 0 Å². The van der Waals surface area contributed by atoms with E-state index in [-0.39, 0.29) is 12.3 Å². The number of amides is 1. The van der Waals surface area contributed by atoms with E-state index < -0.39 is 29.6 Å². The number of carboxylic acid groups (broad SMARTS) is 1. The number of carbonyl (C=O) groups is 2. The van der Waals surface area contributed by atoms with Crippen LogP contribution in [-0.2, 0) is 4.74 Å². The van der Waals surface area contributed by atoms with Crippen LogP contribution in [0.15, 0.2) is 30.9 Å². The molecule has 0 unspecified atom stereocenters. The molecule has 1 amide bonds. The molecule has 19 heavy (non-hydrogen) atoms. The lowest BCUT2D eigenvalue weighted by Crippen LogP contribution is -2.16. The number of alkyl halides is 2. The summed E-state index contributed by atoms with van der Waals surface area (Å²) in [4.78, 5) is 22.1. The van der Waals surface area contributed by atoms with E-state index in [1.807, 2.05) is 0 Å². The fourth-order valence-electron chi connectivity index (χ4n) is 1.38. The summed E-state index contributed by atoms with van der Waals surface area (Å²) in [6, 6.07) is 3.45. The van der Waals surface area contributed by atoms with E-state index in [1.165, 1.54) is 18.2 Å². The molecule has 0 spiro atoms. The Hall–Kier alpha value is -2.44. The number of ether oxygens (including phenoxy) is 1. The maximum Gasteiger partial charge on any atom is 0.411 e. The highest BCUT2D eigenvalue weighted by Crippen LogP contribution is 2.30. The standard InChI is InChI=1S/C12H11F2NO4/c1-2-6-19-12(18)15-8-5-3-4-7(11(16)17)9(8)10(13)14/h2-5,10H,1,6H2,(H,15,18)(H,16,17). The summed E-state index contributed by atoms with van der Waals surface area (Å²) in [5.74, 6) is -1.50. The van der Waals surface area contributed by atoms with Crippen LogP contribution in [0.5, 0.6) is 0 Å². The SMILES string of the molecule is C=CCOC(=O)Nc1cccc(C(=O)O)c1C(F)F. The van der Waals surface area contributed by atoms with Gasteiger partial charge in [0.15, 0.2) is 0 Å². The Labute approximate surface area is 107 Å². The van der Waals surface area contributed by atoms with Gasteiger partial charge in [0.1, 0.15) is 6.61 Å². The fourth-order valence-corrected chi connectivity index (χ4v) is 1.38. The number of nitrogens with one attached hydrogen (secondary N) is 1. The van der Waals surface area contributed by atoms with Gasteiger partial charge in [0, 0.05) is 0 Å². The first-order valence-corrected chi connectivity index (χ1v) is 5.16. The Balaban J connectivity index is 3.06. The molecule has 5 nitrogen and oxygen atoms in total. The number of benzene rings is 1. The van der Waals surface area contributed by atoms with Gasteiger partial charge < -0.3 is 9.84 Å². The first kappa shape index (κ1) is 14.6. The quantitative estimate of drug-likeness (QED) is 0.807. The Bertz CT molecular complexity index is 503. The smallest absolute Gasteiger partial charge is 0.411 e. The van der Waals surface area contributed by atoms with E-state index in [1.54, 1.807) is 0 Å². The summed E-state index contributed by atoms with van der Waals surface area (Å²) in [6.07, 6.45) is -2.70. The Kier molecular flexibility index (Phi) is 4.99. The summed E-state index contributed by atoms with van der Waals surface area (Å²) >= 11 is 0. The van der Waals surface area contributed by atoms with Crippen LogP contribution >= 0.6 is 0 Å². The van der Waals surface area contributed by atoms with Crippen molar-refractivity contribution < 1.29 is 28.2 Å². The van der Waals surface area contributed by atoms with E-state index in [4.69, 9.17) is 5.11 Å². The molecule has 0 saturated heterocycles. The molecule has 0 aliphatic rings. The van der Waals surface area contributed by atoms with Gasteiger partial charge >= 0.3 is 12.1 Å². The molecule has 1 aromatic rings. The molecule has 0 aromatic heterocycles. The van der Waals surface area contributed by atoms with Crippen LogP contribution < -0.4 is 5.32 Å². The Morgan fingerprint density at radius 2 is 2.16 bits per heavy atom. The zero-order valence-corrected chi connectivity index (χ0v) is 9.73. The first-order valence-electron chi connectivity index (χ1n) is 5.16. The van der Waals surface area contributed by atoms with Gasteiger partial charge in [-0.25, -0.2) is 18.4 Å². The zero-order chi connectivity index (χ0) is 14.4. The van der Waals surface area contributed by atoms with E-state index in [0.29, 0.717) is 0 Å². The average molecular weight is 271 g/mol. The number of halogens is 2. The van der Waals surface area contributed by atoms with Crippen molar-refractivity contribution >= 4 is 17.7 Å². The third-order valence-electron chi connectivity index (χ3n) is 2.12. The van der Waals surface area contributed by atoms with Crippen molar-refractivity contribution in [2.24, 2.45) is 0 Å². The number of rotatable bonds is 5. The second-order valence-corrected chi connectivity index (χ2v) is 3.38. The van der Waals surface area contributed by atoms with Gasteiger partial charge in [-0.1, -0.05) is 18.7 Å². The molecule has 7 heteroatoms. The van der Waals surface area contributed by atoms with Gasteiger partial charge in [-0.05, 0) is 12.1 Å². The van der Waals surface area contributed by atoms with Crippen molar-refractivity contribution in [2.75, 3.05) is 11.9 Å². The average Bonchev–Trinajstić information content (AvgIpc) is 2.35. The lowest BCUT2D eigenvalue weighted by atomic mass is 10.1. The van der Waals surface area contributed by atoms with Gasteiger partial charge in [-0.2, -0.15) is 0 Å². The molecule has 0 radical (unpaired) electrons. The third-order valence-corrected chi connectivity index (χ3v) is 2.12. The second kappa shape index (κ2) is 6.48. The van der Waals surface area contributed by atoms with Crippen molar-refractivity contribution in [3.05, 3.63) is 42.0 Å². The Morgan fingerprint density at radius 3 is 2.68 bits per heavy atom. The summed E-state index contributed by atoms with van der Waals surface area (Å²) < 4.78 is 30.3. The minimum atomic E-state index is -3.04. The highest BCUT2D eigenvalue weighted by Gasteiger charge is 2.22. The molecule has 0 fully saturated rings. The maximum atomic E-state index is 12.9. The predicted octanol–water partition coefficient (Wildman–Crippen LogP) is 3.06. The molecule has 0 bridgehead atoms. The van der Waals surface area contributed by atoms with E-state index in [0.717, 1.165) is 6.07 Å². The van der Waals surface area contributed by atoms with Gasteiger partial charge in [0.2, 0.25) is 0 Å². The second-order valence-electron chi connectivity index (χ2n) is 3.38. The maximum absolute atomic E-state index is 12.9. The number of hydrogen-bond acceptors (Lipinski definition) is 3. The van der Waals surface area contributed by atoms with Crippen LogP contribution in [0, 0.1) is 0 Å². The number of aromatic carboxylic acids is 1. The topological polar surface area (TPSA) is 75.6 Å². The van der Waals surface area contributed by atoms with Gasteiger partial charge in [-0.15, -0.1) is 0 Å². The van der Waals surface area contributed by atoms with Crippen LogP contribution in [0.1, 0.15) is 22.3 Å². The van der Waals surface area contributed by atoms with Crippen molar-refractivity contribution in [2.45, 2.75) is 6.43 Å². The molecule has 1 aromatic carbocycles. The molecule has 0 saturated carbocycles. The summed E-state index contributed by atoms with van der Waals surface area (Å²) in [5.41, 5.74) is -1.63. The largest absolute Gasteiger partial charge is 0.478 e. The number of hydrogen-bond donors (Lipinski definition) is 2. The highest BCUT2D eigenvalue weighted by atomic mass is 19.3. The lowest BCUT2D eigenvalue weighted by molar-refractivity contribution is 0.0684. The van der Waals surface area contributed by atoms with Crippen LogP contribution in [-0.4, -0.2) is 23.8 Å². The summed E-state index contributed by atoms with van der Waals surface area (Å²) in [5, 5.41) is 10.9. The van der Waals surface area contributed by atoms with Crippen molar-refractivity contribution in [1.29, 1.82) is 0 Å². The van der Waals surface area contributed by atoms with Crippen LogP contribution in [0.3, 0.4) is 0 Å². The minimum absolute atomic E-state index is 0.0888. The number of carboxylic acids is 1. The van der Waals surface area contributed by atoms with Crippen LogP contribution in [0.25, 0.3) is 0 Å². The summed E-state index contributed by atoms with van der Waals surface area (Å²) in [7, 11) is 0. The molecule has 0 aliphatic carbocycles. The number of carbonyl (C=O) groups excluding carboxylic acids is 1. The normalized spacial score (nSPS) is 10.1.